The summed E-state index contributed by atoms with van der Waals surface area (Å²) in [5, 5.41) is 11.9. The van der Waals surface area contributed by atoms with Gasteiger partial charge in [0.2, 0.25) is 5.91 Å². The van der Waals surface area contributed by atoms with Crippen molar-refractivity contribution in [3.05, 3.63) is 25.3 Å². The van der Waals surface area contributed by atoms with Crippen LogP contribution in [0.1, 0.15) is 106 Å². The predicted molar refractivity (Wildman–Crippen MR) is 212 cm³/mol. The highest BCUT2D eigenvalue weighted by atomic mass is 16.6. The number of nitrogens with one attached hydrogen (secondary N) is 4. The molecule has 5 unspecified atom stereocenters. The van der Waals surface area contributed by atoms with Gasteiger partial charge in [-0.3, -0.25) is 9.59 Å². The van der Waals surface area contributed by atoms with Crippen molar-refractivity contribution in [3.63, 3.8) is 0 Å². The highest BCUT2D eigenvalue weighted by Crippen LogP contribution is 2.46. The number of ether oxygens (including phenoxy) is 6. The zero-order chi connectivity index (χ0) is 42.7. The van der Waals surface area contributed by atoms with Crippen LogP contribution in [0.5, 0.6) is 0 Å². The first-order valence-electron chi connectivity index (χ1n) is 20.0. The summed E-state index contributed by atoms with van der Waals surface area (Å²) >= 11 is 0. The number of hydrogen-bond donors (Lipinski definition) is 4. The van der Waals surface area contributed by atoms with E-state index in [1.165, 1.54) is 0 Å². The van der Waals surface area contributed by atoms with Gasteiger partial charge in [0.05, 0.1) is 0 Å². The summed E-state index contributed by atoms with van der Waals surface area (Å²) in [6, 6.07) is -0.265. The van der Waals surface area contributed by atoms with Gasteiger partial charge >= 0.3 is 24.1 Å². The third-order valence-electron chi connectivity index (χ3n) is 10.3. The lowest BCUT2D eigenvalue weighted by Gasteiger charge is -2.46. The first-order chi connectivity index (χ1) is 26.7. The molecule has 16 heteroatoms. The second-order valence-corrected chi connectivity index (χ2v) is 17.1. The van der Waals surface area contributed by atoms with Gasteiger partial charge in [0.1, 0.15) is 38.1 Å². The maximum Gasteiger partial charge on any atom is 0.407 e. The molecule has 0 aromatic rings. The van der Waals surface area contributed by atoms with Gasteiger partial charge < -0.3 is 49.7 Å². The van der Waals surface area contributed by atoms with Crippen LogP contribution in [-0.4, -0.2) is 112 Å². The van der Waals surface area contributed by atoms with Crippen LogP contribution >= 0.6 is 0 Å². The molecule has 0 spiro atoms. The summed E-state index contributed by atoms with van der Waals surface area (Å²) in [6.45, 7) is 21.5. The minimum absolute atomic E-state index is 0.0530. The molecule has 4 amide bonds. The fraction of sp³-hybridized carbons (Fsp3) is 0.756. The Labute approximate surface area is 338 Å². The van der Waals surface area contributed by atoms with Gasteiger partial charge in [-0.2, -0.15) is 0 Å². The van der Waals surface area contributed by atoms with Crippen LogP contribution in [0.25, 0.3) is 0 Å². The van der Waals surface area contributed by atoms with E-state index in [1.807, 2.05) is 0 Å². The Bertz CT molecular complexity index is 1390. The summed E-state index contributed by atoms with van der Waals surface area (Å²) in [6.07, 6.45) is 7.01. The van der Waals surface area contributed by atoms with Crippen LogP contribution < -0.4 is 21.3 Å². The first kappa shape index (κ1) is 49.0. The first-order valence-corrected chi connectivity index (χ1v) is 20.0. The maximum absolute atomic E-state index is 13.1. The van der Waals surface area contributed by atoms with E-state index >= 15 is 0 Å². The fourth-order valence-corrected chi connectivity index (χ4v) is 7.70. The average molecular weight is 809 g/mol. The third kappa shape index (κ3) is 19.2. The number of carbonyl (C=O) groups excluding carboxylic acids is 6. The van der Waals surface area contributed by atoms with Crippen molar-refractivity contribution in [2.75, 3.05) is 52.7 Å². The van der Waals surface area contributed by atoms with E-state index in [2.05, 4.69) is 62.1 Å². The summed E-state index contributed by atoms with van der Waals surface area (Å²) in [5.74, 6) is -1.61. The molecule has 0 aromatic carbocycles. The van der Waals surface area contributed by atoms with Crippen molar-refractivity contribution < 1.29 is 57.2 Å². The van der Waals surface area contributed by atoms with Crippen LogP contribution in [0.4, 0.5) is 9.59 Å². The lowest BCUT2D eigenvalue weighted by Crippen LogP contribution is -2.51. The van der Waals surface area contributed by atoms with E-state index in [0.29, 0.717) is 52.0 Å². The largest absolute Gasteiger partial charge is 0.459 e. The molecule has 0 saturated heterocycles. The Morgan fingerprint density at radius 2 is 1.25 bits per heavy atom. The maximum atomic E-state index is 13.1. The van der Waals surface area contributed by atoms with Crippen molar-refractivity contribution in [2.24, 2.45) is 16.2 Å². The van der Waals surface area contributed by atoms with Crippen LogP contribution in [-0.2, 0) is 47.6 Å². The molecule has 5 atom stereocenters. The second-order valence-electron chi connectivity index (χ2n) is 17.1. The molecule has 0 aromatic heterocycles. The molecule has 0 aliphatic heterocycles. The fourth-order valence-electron chi connectivity index (χ4n) is 7.70. The van der Waals surface area contributed by atoms with Crippen LogP contribution in [0.15, 0.2) is 25.3 Å². The Morgan fingerprint density at radius 3 is 1.84 bits per heavy atom. The van der Waals surface area contributed by atoms with Crippen molar-refractivity contribution in [2.45, 2.75) is 130 Å². The summed E-state index contributed by atoms with van der Waals surface area (Å²) in [7, 11) is 0. The number of alkyl carbamates (subject to hydrolysis) is 2. The Balaban J connectivity index is 1.66. The number of amides is 4. The third-order valence-corrected chi connectivity index (χ3v) is 10.3. The Hall–Kier alpha value is -4.18. The van der Waals surface area contributed by atoms with E-state index in [1.54, 1.807) is 20.8 Å². The molecular weight excluding hydrogens is 740 g/mol. The van der Waals surface area contributed by atoms with E-state index in [0.717, 1.165) is 44.3 Å². The summed E-state index contributed by atoms with van der Waals surface area (Å²) < 4.78 is 31.7. The summed E-state index contributed by atoms with van der Waals surface area (Å²) in [5.41, 5.74) is -1.65. The SMILES string of the molecule is C=CC(=O)OCCOC(=O)NC1CCCC(C)(CNC(=O)C(C)(C)OCCCCOC(C)C(=O)NCC2(C)CC(NC(=O)OCCOC(=O)C=C)CC(C)(C)C2)C1. The Kier molecular flexibility index (Phi) is 20.0. The minimum Gasteiger partial charge on any atom is -0.459 e. The molecule has 57 heavy (non-hydrogen) atoms. The number of hydrogen-bond acceptors (Lipinski definition) is 12. The van der Waals surface area contributed by atoms with Gasteiger partial charge in [-0.05, 0) is 88.4 Å². The molecule has 2 fully saturated rings. The quantitative estimate of drug-likeness (QED) is 0.0482. The van der Waals surface area contributed by atoms with E-state index < -0.39 is 35.8 Å². The molecule has 2 aliphatic carbocycles. The molecule has 4 N–H and O–H groups in total. The molecule has 0 heterocycles. The molecule has 2 rings (SSSR count). The average Bonchev–Trinajstić information content (AvgIpc) is 3.13. The van der Waals surface area contributed by atoms with Crippen LogP contribution in [0.2, 0.25) is 0 Å². The van der Waals surface area contributed by atoms with Crippen molar-refractivity contribution in [1.82, 2.24) is 21.3 Å². The standard InChI is InChI=1S/C41H68N4O12/c1-10-32(46)53-19-21-55-36(50)44-30-15-14-16-40(8,24-30)27-43-35(49)39(6,7)57-18-13-12-17-52-29(3)34(48)42-28-41(9)25-31(23-38(4,5)26-41)45-37(51)56-22-20-54-33(47)11-2/h10-11,29-31H,1-2,12-28H2,3-9H3,(H,42,48)(H,43,49)(H,44,50)(H,45,51). The minimum atomic E-state index is -1.06. The second kappa shape index (κ2) is 23.3. The van der Waals surface area contributed by atoms with Crippen molar-refractivity contribution in [3.8, 4) is 0 Å². The highest BCUT2D eigenvalue weighted by Gasteiger charge is 2.42. The zero-order valence-electron chi connectivity index (χ0n) is 35.2. The lowest BCUT2D eigenvalue weighted by atomic mass is 9.62. The number of esters is 2. The van der Waals surface area contributed by atoms with Gasteiger partial charge in [0.15, 0.2) is 0 Å². The Morgan fingerprint density at radius 1 is 0.719 bits per heavy atom. The smallest absolute Gasteiger partial charge is 0.407 e. The number of rotatable bonds is 23. The molecule has 0 bridgehead atoms. The number of carbonyl (C=O) groups is 6. The summed E-state index contributed by atoms with van der Waals surface area (Å²) in [4.78, 5) is 72.9. The number of unbranched alkanes of at least 4 members (excludes halogenated alkanes) is 1. The highest BCUT2D eigenvalue weighted by molar-refractivity contribution is 5.84. The monoisotopic (exact) mass is 808 g/mol. The topological polar surface area (TPSA) is 206 Å². The van der Waals surface area contributed by atoms with Crippen LogP contribution in [0, 0.1) is 16.2 Å². The van der Waals surface area contributed by atoms with Gasteiger partial charge in [-0.25, -0.2) is 19.2 Å². The molecule has 324 valence electrons. The molecule has 2 saturated carbocycles. The molecule has 16 nitrogen and oxygen atoms in total. The van der Waals surface area contributed by atoms with Gasteiger partial charge in [-0.15, -0.1) is 0 Å². The van der Waals surface area contributed by atoms with Crippen LogP contribution in [0.3, 0.4) is 0 Å². The van der Waals surface area contributed by atoms with Gasteiger partial charge in [0.25, 0.3) is 5.91 Å². The normalized spacial score (nSPS) is 23.4. The van der Waals surface area contributed by atoms with E-state index in [9.17, 15) is 28.8 Å². The van der Waals surface area contributed by atoms with Crippen molar-refractivity contribution >= 4 is 35.9 Å². The van der Waals surface area contributed by atoms with E-state index in [-0.39, 0.29) is 66.6 Å². The zero-order valence-corrected chi connectivity index (χ0v) is 35.2. The molecule has 2 aliphatic rings. The molecule has 0 radical (unpaired) electrons. The van der Waals surface area contributed by atoms with Gasteiger partial charge in [0, 0.05) is 50.5 Å². The van der Waals surface area contributed by atoms with E-state index in [4.69, 9.17) is 28.4 Å². The van der Waals surface area contributed by atoms with Crippen molar-refractivity contribution in [1.29, 1.82) is 0 Å². The lowest BCUT2D eigenvalue weighted by molar-refractivity contribution is -0.144. The predicted octanol–water partition coefficient (Wildman–Crippen LogP) is 4.64. The van der Waals surface area contributed by atoms with Gasteiger partial charge in [-0.1, -0.05) is 47.3 Å². The molecular formula is C41H68N4O12.